The summed E-state index contributed by atoms with van der Waals surface area (Å²) in [7, 11) is 0. The molecule has 0 aromatic heterocycles. The van der Waals surface area contributed by atoms with Crippen LogP contribution in [0.25, 0.3) is 0 Å². The van der Waals surface area contributed by atoms with Gasteiger partial charge in [0.25, 0.3) is 0 Å². The SMILES string of the molecule is NC1CCCC(C(=O)Nc2ccc(CC(=O)O)cc2)C1. The van der Waals surface area contributed by atoms with E-state index in [1.807, 2.05) is 0 Å². The smallest absolute Gasteiger partial charge is 0.307 e. The van der Waals surface area contributed by atoms with Crippen LogP contribution in [0.2, 0.25) is 0 Å². The minimum atomic E-state index is -0.863. The molecule has 4 N–H and O–H groups in total. The number of carbonyl (C=O) groups is 2. The maximum atomic E-state index is 12.1. The van der Waals surface area contributed by atoms with E-state index >= 15 is 0 Å². The Morgan fingerprint density at radius 1 is 1.25 bits per heavy atom. The van der Waals surface area contributed by atoms with Crippen LogP contribution in [0.1, 0.15) is 31.2 Å². The van der Waals surface area contributed by atoms with Gasteiger partial charge in [0.05, 0.1) is 6.42 Å². The van der Waals surface area contributed by atoms with Crippen LogP contribution < -0.4 is 11.1 Å². The number of nitrogens with one attached hydrogen (secondary N) is 1. The van der Waals surface area contributed by atoms with Gasteiger partial charge in [0.1, 0.15) is 0 Å². The van der Waals surface area contributed by atoms with Gasteiger partial charge in [-0.25, -0.2) is 0 Å². The van der Waals surface area contributed by atoms with Gasteiger partial charge in [-0.1, -0.05) is 18.6 Å². The molecule has 2 rings (SSSR count). The van der Waals surface area contributed by atoms with Gasteiger partial charge in [-0.15, -0.1) is 0 Å². The van der Waals surface area contributed by atoms with E-state index in [-0.39, 0.29) is 24.3 Å². The zero-order chi connectivity index (χ0) is 14.5. The molecule has 0 heterocycles. The fraction of sp³-hybridized carbons (Fsp3) is 0.467. The van der Waals surface area contributed by atoms with Gasteiger partial charge in [0.15, 0.2) is 0 Å². The van der Waals surface area contributed by atoms with E-state index in [0.29, 0.717) is 5.69 Å². The van der Waals surface area contributed by atoms with Crippen LogP contribution in [0.5, 0.6) is 0 Å². The van der Waals surface area contributed by atoms with Gasteiger partial charge >= 0.3 is 5.97 Å². The third kappa shape index (κ3) is 4.06. The Bertz CT molecular complexity index is 484. The highest BCUT2D eigenvalue weighted by molar-refractivity contribution is 5.92. The number of rotatable bonds is 4. The third-order valence-electron chi connectivity index (χ3n) is 3.66. The van der Waals surface area contributed by atoms with Crippen LogP contribution in [0.15, 0.2) is 24.3 Å². The van der Waals surface area contributed by atoms with Crippen LogP contribution >= 0.6 is 0 Å². The Morgan fingerprint density at radius 2 is 1.95 bits per heavy atom. The molecule has 0 radical (unpaired) electrons. The molecule has 1 aromatic carbocycles. The van der Waals surface area contributed by atoms with Crippen LogP contribution in [0.3, 0.4) is 0 Å². The van der Waals surface area contributed by atoms with E-state index in [1.165, 1.54) is 0 Å². The van der Waals surface area contributed by atoms with Crippen molar-refractivity contribution in [3.8, 4) is 0 Å². The molecule has 2 atom stereocenters. The van der Waals surface area contributed by atoms with Gasteiger partial charge in [-0.2, -0.15) is 0 Å². The fourth-order valence-electron chi connectivity index (χ4n) is 2.59. The molecule has 108 valence electrons. The first-order valence-electron chi connectivity index (χ1n) is 6.92. The van der Waals surface area contributed by atoms with Crippen molar-refractivity contribution >= 4 is 17.6 Å². The number of benzene rings is 1. The second kappa shape index (κ2) is 6.52. The van der Waals surface area contributed by atoms with Crippen molar-refractivity contribution in [3.05, 3.63) is 29.8 Å². The fourth-order valence-corrected chi connectivity index (χ4v) is 2.59. The molecule has 0 aliphatic heterocycles. The predicted octanol–water partition coefficient (Wildman–Crippen LogP) is 1.77. The standard InChI is InChI=1S/C15H20N2O3/c16-12-3-1-2-11(9-12)15(20)17-13-6-4-10(5-7-13)8-14(18)19/h4-7,11-12H,1-3,8-9,16H2,(H,17,20)(H,18,19). The van der Waals surface area contributed by atoms with E-state index in [4.69, 9.17) is 10.8 Å². The summed E-state index contributed by atoms with van der Waals surface area (Å²) in [5.41, 5.74) is 7.30. The average Bonchev–Trinajstić information content (AvgIpc) is 2.40. The molecule has 1 aromatic rings. The van der Waals surface area contributed by atoms with E-state index in [1.54, 1.807) is 24.3 Å². The van der Waals surface area contributed by atoms with Crippen molar-refractivity contribution in [1.29, 1.82) is 0 Å². The molecular formula is C15H20N2O3. The number of hydrogen-bond acceptors (Lipinski definition) is 3. The summed E-state index contributed by atoms with van der Waals surface area (Å²) in [5.74, 6) is -0.874. The van der Waals surface area contributed by atoms with Crippen molar-refractivity contribution in [2.75, 3.05) is 5.32 Å². The van der Waals surface area contributed by atoms with Crippen molar-refractivity contribution in [1.82, 2.24) is 0 Å². The third-order valence-corrected chi connectivity index (χ3v) is 3.66. The van der Waals surface area contributed by atoms with E-state index in [0.717, 1.165) is 31.2 Å². The lowest BCUT2D eigenvalue weighted by molar-refractivity contribution is -0.136. The van der Waals surface area contributed by atoms with Crippen LogP contribution in [-0.2, 0) is 16.0 Å². The minimum Gasteiger partial charge on any atom is -0.481 e. The van der Waals surface area contributed by atoms with E-state index in [9.17, 15) is 9.59 Å². The first kappa shape index (κ1) is 14.5. The number of anilines is 1. The molecule has 1 fully saturated rings. The van der Waals surface area contributed by atoms with Crippen LogP contribution in [0.4, 0.5) is 5.69 Å². The number of carboxylic acids is 1. The number of amides is 1. The number of carbonyl (C=O) groups excluding carboxylic acids is 1. The highest BCUT2D eigenvalue weighted by atomic mass is 16.4. The Kier molecular flexibility index (Phi) is 4.74. The summed E-state index contributed by atoms with van der Waals surface area (Å²) in [6, 6.07) is 7.03. The summed E-state index contributed by atoms with van der Waals surface area (Å²) in [5, 5.41) is 11.6. The Hall–Kier alpha value is -1.88. The molecule has 0 bridgehead atoms. The summed E-state index contributed by atoms with van der Waals surface area (Å²) in [6.45, 7) is 0. The van der Waals surface area contributed by atoms with Gasteiger partial charge < -0.3 is 16.2 Å². The second-order valence-corrected chi connectivity index (χ2v) is 5.38. The van der Waals surface area contributed by atoms with Gasteiger partial charge in [-0.05, 0) is 37.0 Å². The average molecular weight is 276 g/mol. The zero-order valence-corrected chi connectivity index (χ0v) is 11.3. The summed E-state index contributed by atoms with van der Waals surface area (Å²) < 4.78 is 0. The molecule has 0 saturated heterocycles. The second-order valence-electron chi connectivity index (χ2n) is 5.38. The predicted molar refractivity (Wildman–Crippen MR) is 76.3 cm³/mol. The highest BCUT2D eigenvalue weighted by Crippen LogP contribution is 2.24. The first-order valence-corrected chi connectivity index (χ1v) is 6.92. The molecule has 5 heteroatoms. The van der Waals surface area contributed by atoms with E-state index in [2.05, 4.69) is 5.32 Å². The largest absolute Gasteiger partial charge is 0.481 e. The lowest BCUT2D eigenvalue weighted by Crippen LogP contribution is -2.34. The molecule has 1 aliphatic carbocycles. The van der Waals surface area contributed by atoms with Gasteiger partial charge in [-0.3, -0.25) is 9.59 Å². The number of aliphatic carboxylic acids is 1. The van der Waals surface area contributed by atoms with Gasteiger partial charge in [0, 0.05) is 17.6 Å². The maximum Gasteiger partial charge on any atom is 0.307 e. The Morgan fingerprint density at radius 3 is 2.55 bits per heavy atom. The molecule has 5 nitrogen and oxygen atoms in total. The van der Waals surface area contributed by atoms with Crippen LogP contribution in [0, 0.1) is 5.92 Å². The topological polar surface area (TPSA) is 92.4 Å². The van der Waals surface area contributed by atoms with Crippen LogP contribution in [-0.4, -0.2) is 23.0 Å². The monoisotopic (exact) mass is 276 g/mol. The first-order chi connectivity index (χ1) is 9.54. The summed E-state index contributed by atoms with van der Waals surface area (Å²) in [4.78, 5) is 22.7. The molecular weight excluding hydrogens is 256 g/mol. The zero-order valence-electron chi connectivity index (χ0n) is 11.3. The molecule has 1 aliphatic rings. The molecule has 1 saturated carbocycles. The molecule has 0 spiro atoms. The van der Waals surface area contributed by atoms with Crippen molar-refractivity contribution in [2.45, 2.75) is 38.1 Å². The highest BCUT2D eigenvalue weighted by Gasteiger charge is 2.25. The van der Waals surface area contributed by atoms with Crippen molar-refractivity contribution in [2.24, 2.45) is 11.7 Å². The van der Waals surface area contributed by atoms with Crippen molar-refractivity contribution < 1.29 is 14.7 Å². The Balaban J connectivity index is 1.92. The normalized spacial score (nSPS) is 22.2. The minimum absolute atomic E-state index is 0.00568. The van der Waals surface area contributed by atoms with Gasteiger partial charge in [0.2, 0.25) is 5.91 Å². The lowest BCUT2D eigenvalue weighted by atomic mass is 9.85. The summed E-state index contributed by atoms with van der Waals surface area (Å²) >= 11 is 0. The molecule has 2 unspecified atom stereocenters. The Labute approximate surface area is 118 Å². The number of carboxylic acid groups (broad SMARTS) is 1. The quantitative estimate of drug-likeness (QED) is 0.781. The number of hydrogen-bond donors (Lipinski definition) is 3. The molecule has 20 heavy (non-hydrogen) atoms. The number of nitrogens with two attached hydrogens (primary N) is 1. The lowest BCUT2D eigenvalue weighted by Gasteiger charge is -2.25. The van der Waals surface area contributed by atoms with E-state index < -0.39 is 5.97 Å². The maximum absolute atomic E-state index is 12.1. The summed E-state index contributed by atoms with van der Waals surface area (Å²) in [6.07, 6.45) is 3.61. The van der Waals surface area contributed by atoms with Crippen molar-refractivity contribution in [3.63, 3.8) is 0 Å². The molecule has 1 amide bonds.